The lowest BCUT2D eigenvalue weighted by Crippen LogP contribution is -2.40. The number of carbonyl (C=O) groups is 1. The fraction of sp³-hybridized carbons (Fsp3) is 0.500. The van der Waals surface area contributed by atoms with Crippen LogP contribution in [-0.4, -0.2) is 46.7 Å². The van der Waals surface area contributed by atoms with E-state index in [2.05, 4.69) is 50.9 Å². The average molecular weight is 341 g/mol. The van der Waals surface area contributed by atoms with Gasteiger partial charge in [-0.05, 0) is 23.0 Å². The van der Waals surface area contributed by atoms with Crippen LogP contribution < -0.4 is 0 Å². The third-order valence-corrected chi connectivity index (χ3v) is 4.70. The van der Waals surface area contributed by atoms with Gasteiger partial charge in [0.2, 0.25) is 0 Å². The lowest BCUT2D eigenvalue weighted by Gasteiger charge is -2.26. The number of aromatic nitrogens is 2. The number of nitrogens with zero attached hydrogens (tertiary/aromatic N) is 3. The van der Waals surface area contributed by atoms with Gasteiger partial charge in [-0.25, -0.2) is 4.98 Å². The van der Waals surface area contributed by atoms with Crippen LogP contribution in [0.25, 0.3) is 5.69 Å². The molecule has 0 atom stereocenters. The van der Waals surface area contributed by atoms with E-state index in [4.69, 9.17) is 4.74 Å². The van der Waals surface area contributed by atoms with E-state index in [0.717, 1.165) is 5.69 Å². The molecular weight excluding hydrogens is 314 g/mol. The van der Waals surface area contributed by atoms with Gasteiger partial charge in [-0.1, -0.05) is 45.9 Å². The summed E-state index contributed by atoms with van der Waals surface area (Å²) in [5, 5.41) is 0. The average Bonchev–Trinajstić information content (AvgIpc) is 3.10. The number of rotatable bonds is 4. The molecule has 0 N–H and O–H groups in total. The minimum absolute atomic E-state index is 0.0184. The van der Waals surface area contributed by atoms with Crippen LogP contribution in [0.2, 0.25) is 0 Å². The third kappa shape index (κ3) is 3.61. The Labute approximate surface area is 149 Å². The van der Waals surface area contributed by atoms with Crippen molar-refractivity contribution in [3.63, 3.8) is 0 Å². The summed E-state index contributed by atoms with van der Waals surface area (Å²) in [6.45, 7) is 11.2. The van der Waals surface area contributed by atoms with Crippen molar-refractivity contribution in [1.82, 2.24) is 14.5 Å². The topological polar surface area (TPSA) is 47.4 Å². The first kappa shape index (κ1) is 17.7. The van der Waals surface area contributed by atoms with Crippen LogP contribution in [0.15, 0.2) is 30.7 Å². The summed E-state index contributed by atoms with van der Waals surface area (Å²) >= 11 is 0. The number of morpholine rings is 1. The number of amides is 1. The summed E-state index contributed by atoms with van der Waals surface area (Å²) in [6, 6.07) is 6.44. The molecule has 1 aromatic heterocycles. The molecule has 0 aliphatic carbocycles. The van der Waals surface area contributed by atoms with Crippen molar-refractivity contribution in [1.29, 1.82) is 0 Å². The molecule has 5 heteroatoms. The normalized spacial score (nSPS) is 15.2. The van der Waals surface area contributed by atoms with Gasteiger partial charge < -0.3 is 14.2 Å². The first-order chi connectivity index (χ1) is 12.0. The summed E-state index contributed by atoms with van der Waals surface area (Å²) in [5.41, 5.74) is 4.19. The molecule has 0 radical (unpaired) electrons. The van der Waals surface area contributed by atoms with E-state index in [-0.39, 0.29) is 5.91 Å². The summed E-state index contributed by atoms with van der Waals surface area (Å²) in [5.74, 6) is 0.777. The summed E-state index contributed by atoms with van der Waals surface area (Å²) in [6.07, 6.45) is 3.63. The fourth-order valence-corrected chi connectivity index (χ4v) is 3.29. The van der Waals surface area contributed by atoms with Crippen LogP contribution in [0, 0.1) is 0 Å². The minimum Gasteiger partial charge on any atom is -0.378 e. The van der Waals surface area contributed by atoms with Crippen LogP contribution >= 0.6 is 0 Å². The largest absolute Gasteiger partial charge is 0.378 e. The number of benzene rings is 1. The van der Waals surface area contributed by atoms with Gasteiger partial charge in [-0.3, -0.25) is 4.79 Å². The van der Waals surface area contributed by atoms with Crippen LogP contribution in [-0.2, 0) is 4.74 Å². The number of hydrogen-bond donors (Lipinski definition) is 0. The third-order valence-electron chi connectivity index (χ3n) is 4.70. The van der Waals surface area contributed by atoms with E-state index >= 15 is 0 Å². The Kier molecular flexibility index (Phi) is 5.23. The van der Waals surface area contributed by atoms with Crippen LogP contribution in [0.5, 0.6) is 0 Å². The molecule has 1 aliphatic heterocycles. The molecule has 0 spiro atoms. The van der Waals surface area contributed by atoms with E-state index in [0.29, 0.717) is 43.8 Å². The van der Waals surface area contributed by atoms with Crippen molar-refractivity contribution in [2.24, 2.45) is 0 Å². The SMILES string of the molecule is CC(C)c1cccc(C(C)C)c1-n1cnc(C(=O)N2CCOCC2)c1. The first-order valence-electron chi connectivity index (χ1n) is 9.03. The van der Waals surface area contributed by atoms with E-state index in [1.807, 2.05) is 15.7 Å². The molecule has 134 valence electrons. The van der Waals surface area contributed by atoms with Crippen molar-refractivity contribution in [2.75, 3.05) is 26.3 Å². The molecule has 2 heterocycles. The molecule has 25 heavy (non-hydrogen) atoms. The second-order valence-electron chi connectivity index (χ2n) is 7.17. The quantitative estimate of drug-likeness (QED) is 0.854. The predicted molar refractivity (Wildman–Crippen MR) is 98.5 cm³/mol. The van der Waals surface area contributed by atoms with E-state index in [1.165, 1.54) is 11.1 Å². The highest BCUT2D eigenvalue weighted by Gasteiger charge is 2.22. The molecule has 5 nitrogen and oxygen atoms in total. The smallest absolute Gasteiger partial charge is 0.274 e. The summed E-state index contributed by atoms with van der Waals surface area (Å²) in [4.78, 5) is 18.9. The van der Waals surface area contributed by atoms with Crippen molar-refractivity contribution < 1.29 is 9.53 Å². The van der Waals surface area contributed by atoms with Crippen LogP contribution in [0.4, 0.5) is 0 Å². The first-order valence-corrected chi connectivity index (χ1v) is 9.03. The van der Waals surface area contributed by atoms with Crippen molar-refractivity contribution in [2.45, 2.75) is 39.5 Å². The lowest BCUT2D eigenvalue weighted by atomic mass is 9.92. The maximum absolute atomic E-state index is 12.7. The van der Waals surface area contributed by atoms with Gasteiger partial charge in [0, 0.05) is 19.3 Å². The Hall–Kier alpha value is -2.14. The molecule has 2 aromatic rings. The molecule has 1 saturated heterocycles. The van der Waals surface area contributed by atoms with Gasteiger partial charge in [0.15, 0.2) is 0 Å². The van der Waals surface area contributed by atoms with Crippen molar-refractivity contribution >= 4 is 5.91 Å². The molecule has 3 rings (SSSR count). The minimum atomic E-state index is -0.0184. The Morgan fingerprint density at radius 2 is 1.68 bits per heavy atom. The molecular formula is C20H27N3O2. The number of ether oxygens (including phenoxy) is 1. The standard InChI is InChI=1S/C20H27N3O2/c1-14(2)16-6-5-7-17(15(3)4)19(16)23-12-18(21-13-23)20(24)22-8-10-25-11-9-22/h5-7,12-15H,8-11H2,1-4H3. The second-order valence-corrected chi connectivity index (χ2v) is 7.17. The fourth-order valence-electron chi connectivity index (χ4n) is 3.29. The Balaban J connectivity index is 1.98. The zero-order valence-electron chi connectivity index (χ0n) is 15.5. The number of imidazole rings is 1. The highest BCUT2D eigenvalue weighted by atomic mass is 16.5. The van der Waals surface area contributed by atoms with E-state index in [1.54, 1.807) is 6.33 Å². The Morgan fingerprint density at radius 1 is 1.08 bits per heavy atom. The van der Waals surface area contributed by atoms with Crippen molar-refractivity contribution in [3.8, 4) is 5.69 Å². The zero-order chi connectivity index (χ0) is 18.0. The van der Waals surface area contributed by atoms with Gasteiger partial charge in [-0.2, -0.15) is 0 Å². The number of para-hydroxylation sites is 1. The molecule has 0 saturated carbocycles. The predicted octanol–water partition coefficient (Wildman–Crippen LogP) is 3.59. The van der Waals surface area contributed by atoms with E-state index < -0.39 is 0 Å². The monoisotopic (exact) mass is 341 g/mol. The molecule has 0 bridgehead atoms. The number of carbonyl (C=O) groups excluding carboxylic acids is 1. The molecule has 1 aromatic carbocycles. The van der Waals surface area contributed by atoms with Gasteiger partial charge >= 0.3 is 0 Å². The van der Waals surface area contributed by atoms with Gasteiger partial charge in [0.1, 0.15) is 12.0 Å². The van der Waals surface area contributed by atoms with Crippen LogP contribution in [0.1, 0.15) is 61.1 Å². The summed E-state index contributed by atoms with van der Waals surface area (Å²) in [7, 11) is 0. The second kappa shape index (κ2) is 7.40. The van der Waals surface area contributed by atoms with Gasteiger partial charge in [-0.15, -0.1) is 0 Å². The molecule has 0 unspecified atom stereocenters. The highest BCUT2D eigenvalue weighted by molar-refractivity contribution is 5.92. The van der Waals surface area contributed by atoms with Crippen LogP contribution in [0.3, 0.4) is 0 Å². The molecule has 1 fully saturated rings. The maximum Gasteiger partial charge on any atom is 0.274 e. The van der Waals surface area contributed by atoms with E-state index in [9.17, 15) is 4.79 Å². The lowest BCUT2D eigenvalue weighted by molar-refractivity contribution is 0.0299. The van der Waals surface area contributed by atoms with Gasteiger partial charge in [0.05, 0.1) is 18.9 Å². The highest BCUT2D eigenvalue weighted by Crippen LogP contribution is 2.31. The van der Waals surface area contributed by atoms with Crippen molar-refractivity contribution in [3.05, 3.63) is 47.5 Å². The zero-order valence-corrected chi connectivity index (χ0v) is 15.5. The molecule has 1 aliphatic rings. The maximum atomic E-state index is 12.7. The Morgan fingerprint density at radius 3 is 2.24 bits per heavy atom. The Bertz CT molecular complexity index is 717. The van der Waals surface area contributed by atoms with Gasteiger partial charge in [0.25, 0.3) is 5.91 Å². The number of hydrogen-bond acceptors (Lipinski definition) is 3. The molecule has 1 amide bonds. The summed E-state index contributed by atoms with van der Waals surface area (Å²) < 4.78 is 7.34.